The van der Waals surface area contributed by atoms with Crippen molar-refractivity contribution in [1.29, 1.82) is 0 Å². The van der Waals surface area contributed by atoms with Crippen LogP contribution >= 0.6 is 27.3 Å². The molecule has 0 aliphatic heterocycles. The van der Waals surface area contributed by atoms with E-state index in [1.165, 1.54) is 0 Å². The topological polar surface area (TPSA) is 48.0 Å². The monoisotopic (exact) mass is 244 g/mol. The van der Waals surface area contributed by atoms with E-state index in [0.717, 1.165) is 30.7 Å². The van der Waals surface area contributed by atoms with E-state index in [9.17, 15) is 4.79 Å². The summed E-state index contributed by atoms with van der Waals surface area (Å²) in [7, 11) is 0. The Balaban J connectivity index is 3.07. The van der Waals surface area contributed by atoms with E-state index in [0.29, 0.717) is 0 Å². The molecule has 2 aromatic rings. The van der Waals surface area contributed by atoms with Crippen LogP contribution in [0.15, 0.2) is 27.5 Å². The highest BCUT2D eigenvalue weighted by atomic mass is 79.9. The third-order valence-corrected chi connectivity index (χ3v) is 3.15. The fraction of sp³-hybridized carbons (Fsp3) is 0. The van der Waals surface area contributed by atoms with Gasteiger partial charge in [0, 0.05) is 4.47 Å². The lowest BCUT2D eigenvalue weighted by atomic mass is 10.3. The number of hydrogen-bond donors (Lipinski definition) is 1. The second-order valence-electron chi connectivity index (χ2n) is 2.32. The molecule has 0 bridgehead atoms. The van der Waals surface area contributed by atoms with E-state index in [1.54, 1.807) is 0 Å². The molecule has 3 nitrogen and oxygen atoms in total. The van der Waals surface area contributed by atoms with E-state index in [4.69, 9.17) is 5.84 Å². The number of para-hydroxylation sites is 1. The molecule has 2 N–H and O–H groups in total. The van der Waals surface area contributed by atoms with Crippen LogP contribution < -0.4 is 10.7 Å². The van der Waals surface area contributed by atoms with Gasteiger partial charge in [0.1, 0.15) is 0 Å². The molecule has 0 fully saturated rings. The van der Waals surface area contributed by atoms with Gasteiger partial charge in [-0.2, -0.15) is 0 Å². The molecule has 62 valence electrons. The highest BCUT2D eigenvalue weighted by molar-refractivity contribution is 9.10. The van der Waals surface area contributed by atoms with E-state index in [-0.39, 0.29) is 4.87 Å². The van der Waals surface area contributed by atoms with E-state index in [1.807, 2.05) is 18.2 Å². The zero-order valence-electron chi connectivity index (χ0n) is 5.95. The molecule has 0 aliphatic rings. The maximum atomic E-state index is 11.1. The lowest BCUT2D eigenvalue weighted by molar-refractivity contribution is 1.03. The van der Waals surface area contributed by atoms with Gasteiger partial charge in [-0.3, -0.25) is 4.79 Å². The zero-order valence-corrected chi connectivity index (χ0v) is 8.35. The van der Waals surface area contributed by atoms with Crippen LogP contribution in [0.5, 0.6) is 0 Å². The Morgan fingerprint density at radius 2 is 2.25 bits per heavy atom. The van der Waals surface area contributed by atoms with Gasteiger partial charge in [-0.05, 0) is 28.1 Å². The van der Waals surface area contributed by atoms with Crippen molar-refractivity contribution >= 4 is 37.5 Å². The van der Waals surface area contributed by atoms with Gasteiger partial charge < -0.3 is 5.84 Å². The van der Waals surface area contributed by atoms with Crippen molar-refractivity contribution in [3.8, 4) is 0 Å². The molecular weight excluding hydrogens is 240 g/mol. The number of halogens is 1. The average molecular weight is 245 g/mol. The summed E-state index contributed by atoms with van der Waals surface area (Å²) in [5, 5.41) is 0. The average Bonchev–Trinajstić information content (AvgIpc) is 2.29. The second kappa shape index (κ2) is 2.60. The Hall–Kier alpha value is -0.810. The molecule has 0 atom stereocenters. The van der Waals surface area contributed by atoms with Gasteiger partial charge in [0.05, 0.1) is 10.2 Å². The third-order valence-electron chi connectivity index (χ3n) is 1.58. The first-order valence-electron chi connectivity index (χ1n) is 3.25. The maximum Gasteiger partial charge on any atom is 0.326 e. The van der Waals surface area contributed by atoms with Gasteiger partial charge in [-0.1, -0.05) is 17.4 Å². The van der Waals surface area contributed by atoms with Crippen LogP contribution in [0.2, 0.25) is 0 Å². The number of nitrogen functional groups attached to an aromatic ring is 1. The summed E-state index contributed by atoms with van der Waals surface area (Å²) in [6, 6.07) is 5.61. The van der Waals surface area contributed by atoms with E-state index < -0.39 is 0 Å². The molecule has 0 spiro atoms. The number of fused-ring (bicyclic) bond motifs is 1. The van der Waals surface area contributed by atoms with Gasteiger partial charge in [-0.25, -0.2) is 4.68 Å². The molecule has 0 saturated carbocycles. The predicted molar refractivity (Wildman–Crippen MR) is 53.9 cm³/mol. The first kappa shape index (κ1) is 7.82. The van der Waals surface area contributed by atoms with Gasteiger partial charge >= 0.3 is 4.87 Å². The number of nitrogens with two attached hydrogens (primary N) is 1. The Morgan fingerprint density at radius 3 is 2.92 bits per heavy atom. The van der Waals surface area contributed by atoms with E-state index >= 15 is 0 Å². The van der Waals surface area contributed by atoms with E-state index in [2.05, 4.69) is 15.9 Å². The molecule has 0 unspecified atom stereocenters. The first-order chi connectivity index (χ1) is 5.70. The Kier molecular flexibility index (Phi) is 1.69. The number of hydrogen-bond acceptors (Lipinski definition) is 3. The molecule has 0 amide bonds. The summed E-state index contributed by atoms with van der Waals surface area (Å²) in [6.45, 7) is 0. The van der Waals surface area contributed by atoms with Gasteiger partial charge in [0.25, 0.3) is 0 Å². The lowest BCUT2D eigenvalue weighted by Gasteiger charge is -1.95. The fourth-order valence-electron chi connectivity index (χ4n) is 1.05. The van der Waals surface area contributed by atoms with Crippen LogP contribution in [0.4, 0.5) is 0 Å². The molecule has 1 aromatic heterocycles. The van der Waals surface area contributed by atoms with Crippen molar-refractivity contribution in [3.05, 3.63) is 32.3 Å². The van der Waals surface area contributed by atoms with Crippen molar-refractivity contribution in [2.24, 2.45) is 0 Å². The van der Waals surface area contributed by atoms with Crippen LogP contribution in [0, 0.1) is 0 Å². The van der Waals surface area contributed by atoms with Crippen LogP contribution in [0.25, 0.3) is 10.2 Å². The van der Waals surface area contributed by atoms with Crippen molar-refractivity contribution in [3.63, 3.8) is 0 Å². The smallest absolute Gasteiger partial charge is 0.326 e. The van der Waals surface area contributed by atoms with Crippen LogP contribution in [0.3, 0.4) is 0 Å². The SMILES string of the molecule is Nn1c(=O)sc2cccc(Br)c21. The summed E-state index contributed by atoms with van der Waals surface area (Å²) in [4.78, 5) is 11.0. The Morgan fingerprint density at radius 1 is 1.50 bits per heavy atom. The van der Waals surface area contributed by atoms with Crippen LogP contribution in [0.1, 0.15) is 0 Å². The molecule has 5 heteroatoms. The number of thiazole rings is 1. The van der Waals surface area contributed by atoms with Crippen LogP contribution in [-0.2, 0) is 0 Å². The minimum atomic E-state index is -0.142. The summed E-state index contributed by atoms with van der Waals surface area (Å²) in [5.41, 5.74) is 0.757. The largest absolute Gasteiger partial charge is 0.335 e. The van der Waals surface area contributed by atoms with Crippen molar-refractivity contribution in [1.82, 2.24) is 4.68 Å². The van der Waals surface area contributed by atoms with Gasteiger partial charge in [-0.15, -0.1) is 0 Å². The van der Waals surface area contributed by atoms with Gasteiger partial charge in [0.15, 0.2) is 0 Å². The summed E-state index contributed by atoms with van der Waals surface area (Å²) in [5.74, 6) is 5.52. The quantitative estimate of drug-likeness (QED) is 0.715. The van der Waals surface area contributed by atoms with Crippen molar-refractivity contribution in [2.75, 3.05) is 5.84 Å². The molecule has 0 radical (unpaired) electrons. The van der Waals surface area contributed by atoms with Crippen molar-refractivity contribution < 1.29 is 0 Å². The number of benzene rings is 1. The fourth-order valence-corrected chi connectivity index (χ4v) is 2.56. The highest BCUT2D eigenvalue weighted by Crippen LogP contribution is 2.23. The lowest BCUT2D eigenvalue weighted by Crippen LogP contribution is -2.20. The number of rotatable bonds is 0. The van der Waals surface area contributed by atoms with Gasteiger partial charge in [0.2, 0.25) is 0 Å². The minimum absolute atomic E-state index is 0.142. The maximum absolute atomic E-state index is 11.1. The molecule has 1 aromatic carbocycles. The summed E-state index contributed by atoms with van der Waals surface area (Å²) in [6.07, 6.45) is 0. The number of aromatic nitrogens is 1. The van der Waals surface area contributed by atoms with Crippen molar-refractivity contribution in [2.45, 2.75) is 0 Å². The molecule has 12 heavy (non-hydrogen) atoms. The second-order valence-corrected chi connectivity index (χ2v) is 4.17. The normalized spacial score (nSPS) is 10.8. The molecule has 1 heterocycles. The Bertz CT molecular complexity index is 488. The standard InChI is InChI=1S/C7H5BrN2OS/c8-4-2-1-3-5-6(4)10(9)7(11)12-5/h1-3H,9H2. The molecule has 2 rings (SSSR count). The van der Waals surface area contributed by atoms with Crippen LogP contribution in [-0.4, -0.2) is 4.68 Å². The Labute approximate surface area is 80.5 Å². The summed E-state index contributed by atoms with van der Waals surface area (Å²) >= 11 is 4.47. The molecule has 0 saturated heterocycles. The zero-order chi connectivity index (χ0) is 8.72. The highest BCUT2D eigenvalue weighted by Gasteiger charge is 2.06. The summed E-state index contributed by atoms with van der Waals surface area (Å²) < 4.78 is 2.90. The molecule has 0 aliphatic carbocycles. The first-order valence-corrected chi connectivity index (χ1v) is 4.86. The molecular formula is C7H5BrN2OS. The third kappa shape index (κ3) is 0.971. The minimum Gasteiger partial charge on any atom is -0.335 e. The predicted octanol–water partition coefficient (Wildman–Crippen LogP) is 1.54. The number of nitrogens with zero attached hydrogens (tertiary/aromatic N) is 1.